The van der Waals surface area contributed by atoms with Crippen LogP contribution < -0.4 is 4.57 Å². The van der Waals surface area contributed by atoms with Gasteiger partial charge in [0.2, 0.25) is 7.38 Å². The van der Waals surface area contributed by atoms with Crippen LogP contribution in [0.4, 0.5) is 0 Å². The van der Waals surface area contributed by atoms with Crippen LogP contribution in [0.2, 0.25) is 13.1 Å². The van der Waals surface area contributed by atoms with Crippen LogP contribution in [-0.4, -0.2) is 7.38 Å². The van der Waals surface area contributed by atoms with Gasteiger partial charge in [-0.05, 0) is 0 Å². The second-order valence-corrected chi connectivity index (χ2v) is 10.1. The molecule has 3 heteroatoms. The summed E-state index contributed by atoms with van der Waals surface area (Å²) in [5.41, 5.74) is 0. The topological polar surface area (TPSA) is 3.88 Å². The van der Waals surface area contributed by atoms with Gasteiger partial charge in [-0.2, -0.15) is 11.1 Å². The van der Waals surface area contributed by atoms with E-state index in [0.29, 0.717) is 0 Å². The van der Waals surface area contributed by atoms with Gasteiger partial charge in [-0.15, -0.1) is 0 Å². The SMILES string of the molecule is C[Si](C)(Cl)C[n+]1ccccc1. The summed E-state index contributed by atoms with van der Waals surface area (Å²) in [6.45, 7) is 4.29. The molecule has 0 N–H and O–H groups in total. The molecule has 0 amide bonds. The number of rotatable bonds is 2. The summed E-state index contributed by atoms with van der Waals surface area (Å²) in [4.78, 5) is 0. The molecule has 0 spiro atoms. The molecular weight excluding hydrogens is 174 g/mol. The van der Waals surface area contributed by atoms with Gasteiger partial charge in [0.05, 0.1) is 0 Å². The van der Waals surface area contributed by atoms with Gasteiger partial charge < -0.3 is 0 Å². The van der Waals surface area contributed by atoms with Gasteiger partial charge in [0.1, 0.15) is 6.17 Å². The monoisotopic (exact) mass is 186 g/mol. The van der Waals surface area contributed by atoms with E-state index >= 15 is 0 Å². The summed E-state index contributed by atoms with van der Waals surface area (Å²) in [5, 5.41) is 0. The fourth-order valence-corrected chi connectivity index (χ4v) is 2.47. The quantitative estimate of drug-likeness (QED) is 0.378. The molecule has 0 saturated carbocycles. The molecule has 60 valence electrons. The maximum Gasteiger partial charge on any atom is 0.224 e. The molecule has 0 bridgehead atoms. The summed E-state index contributed by atoms with van der Waals surface area (Å²) >= 11 is 6.19. The average molecular weight is 187 g/mol. The summed E-state index contributed by atoms with van der Waals surface area (Å²) in [5.74, 6) is 0. The lowest BCUT2D eigenvalue weighted by Crippen LogP contribution is -2.44. The van der Waals surface area contributed by atoms with Crippen LogP contribution in [0.15, 0.2) is 30.6 Å². The molecule has 0 aliphatic heterocycles. The van der Waals surface area contributed by atoms with Gasteiger partial charge in [-0.1, -0.05) is 19.2 Å². The summed E-state index contributed by atoms with van der Waals surface area (Å²) < 4.78 is 2.14. The lowest BCUT2D eigenvalue weighted by molar-refractivity contribution is -0.680. The largest absolute Gasteiger partial charge is 0.224 e. The molecular formula is C8H13ClNSi+. The highest BCUT2D eigenvalue weighted by Gasteiger charge is 2.22. The molecule has 0 fully saturated rings. The normalized spacial score (nSPS) is 11.5. The number of hydrogen-bond donors (Lipinski definition) is 0. The van der Waals surface area contributed by atoms with Crippen LogP contribution in [0.3, 0.4) is 0 Å². The van der Waals surface area contributed by atoms with Crippen molar-refractivity contribution in [2.24, 2.45) is 0 Å². The van der Waals surface area contributed by atoms with E-state index in [0.717, 1.165) is 6.17 Å². The van der Waals surface area contributed by atoms with E-state index in [1.165, 1.54) is 0 Å². The third-order valence-corrected chi connectivity index (χ3v) is 2.81. The van der Waals surface area contributed by atoms with Crippen molar-refractivity contribution in [1.29, 1.82) is 0 Å². The molecule has 0 aliphatic carbocycles. The van der Waals surface area contributed by atoms with Crippen LogP contribution >= 0.6 is 11.1 Å². The van der Waals surface area contributed by atoms with Crippen molar-refractivity contribution in [3.8, 4) is 0 Å². The van der Waals surface area contributed by atoms with E-state index in [1.54, 1.807) is 0 Å². The van der Waals surface area contributed by atoms with Crippen LogP contribution in [0, 0.1) is 0 Å². The minimum Gasteiger partial charge on any atom is -0.208 e. The highest BCUT2D eigenvalue weighted by molar-refractivity contribution is 7.18. The molecule has 0 aliphatic rings. The summed E-state index contributed by atoms with van der Waals surface area (Å²) in [6.07, 6.45) is 5.09. The number of halogens is 1. The Balaban J connectivity index is 2.66. The predicted molar refractivity (Wildman–Crippen MR) is 50.0 cm³/mol. The van der Waals surface area contributed by atoms with Crippen LogP contribution in [0.25, 0.3) is 0 Å². The second-order valence-electron chi connectivity index (χ2n) is 3.27. The molecule has 1 nitrogen and oxygen atoms in total. The first-order valence-electron chi connectivity index (χ1n) is 3.71. The highest BCUT2D eigenvalue weighted by atomic mass is 35.6. The summed E-state index contributed by atoms with van der Waals surface area (Å²) in [6, 6.07) is 6.06. The maximum atomic E-state index is 6.19. The van der Waals surface area contributed by atoms with Gasteiger partial charge >= 0.3 is 0 Å². The van der Waals surface area contributed by atoms with Crippen LogP contribution in [0.1, 0.15) is 0 Å². The first kappa shape index (κ1) is 8.75. The van der Waals surface area contributed by atoms with Gasteiger partial charge in [0, 0.05) is 12.1 Å². The van der Waals surface area contributed by atoms with Crippen molar-refractivity contribution >= 4 is 18.5 Å². The van der Waals surface area contributed by atoms with Crippen molar-refractivity contribution in [3.05, 3.63) is 30.6 Å². The minimum absolute atomic E-state index is 0.982. The fraction of sp³-hybridized carbons (Fsp3) is 0.375. The van der Waals surface area contributed by atoms with E-state index < -0.39 is 7.38 Å². The van der Waals surface area contributed by atoms with Crippen molar-refractivity contribution in [1.82, 2.24) is 0 Å². The Morgan fingerprint density at radius 3 is 2.18 bits per heavy atom. The first-order chi connectivity index (χ1) is 5.08. The first-order valence-corrected chi connectivity index (χ1v) is 7.93. The van der Waals surface area contributed by atoms with E-state index in [-0.39, 0.29) is 0 Å². The molecule has 1 aromatic rings. The van der Waals surface area contributed by atoms with Crippen molar-refractivity contribution < 1.29 is 4.57 Å². The third-order valence-electron chi connectivity index (χ3n) is 1.34. The maximum absolute atomic E-state index is 6.19. The molecule has 11 heavy (non-hydrogen) atoms. The van der Waals surface area contributed by atoms with E-state index in [1.807, 2.05) is 18.2 Å². The number of pyridine rings is 1. The lowest BCUT2D eigenvalue weighted by atomic mass is 10.5. The van der Waals surface area contributed by atoms with Gasteiger partial charge in [0.15, 0.2) is 12.4 Å². The summed E-state index contributed by atoms with van der Waals surface area (Å²) in [7, 11) is -1.46. The number of nitrogens with zero attached hydrogens (tertiary/aromatic N) is 1. The van der Waals surface area contributed by atoms with Gasteiger partial charge in [0.25, 0.3) is 0 Å². The Hall–Kier alpha value is -0.343. The van der Waals surface area contributed by atoms with Gasteiger partial charge in [-0.25, -0.2) is 4.57 Å². The zero-order valence-corrected chi connectivity index (χ0v) is 8.67. The lowest BCUT2D eigenvalue weighted by Gasteiger charge is -2.06. The molecule has 0 radical (unpaired) electrons. The molecule has 1 rings (SSSR count). The average Bonchev–Trinajstić information content (AvgIpc) is 1.85. The Kier molecular flexibility index (Phi) is 2.68. The smallest absolute Gasteiger partial charge is 0.208 e. The van der Waals surface area contributed by atoms with Crippen molar-refractivity contribution in [3.63, 3.8) is 0 Å². The Labute approximate surface area is 73.3 Å². The molecule has 1 heterocycles. The molecule has 1 aromatic heterocycles. The molecule has 0 atom stereocenters. The number of hydrogen-bond acceptors (Lipinski definition) is 0. The number of aromatic nitrogens is 1. The predicted octanol–water partition coefficient (Wildman–Crippen LogP) is 1.96. The van der Waals surface area contributed by atoms with E-state index in [2.05, 4.69) is 30.1 Å². The van der Waals surface area contributed by atoms with Crippen LogP contribution in [0.5, 0.6) is 0 Å². The molecule has 0 aromatic carbocycles. The molecule has 0 unspecified atom stereocenters. The zero-order valence-electron chi connectivity index (χ0n) is 6.92. The van der Waals surface area contributed by atoms with E-state index in [4.69, 9.17) is 11.1 Å². The zero-order chi connectivity index (χ0) is 8.32. The second kappa shape index (κ2) is 3.37. The fourth-order valence-electron chi connectivity index (χ4n) is 0.974. The molecule has 0 saturated heterocycles. The van der Waals surface area contributed by atoms with E-state index in [9.17, 15) is 0 Å². The standard InChI is InChI=1S/C8H13ClNSi/c1-11(2,9)8-10-6-4-3-5-7-10/h3-7H,8H2,1-2H3/q+1. The minimum atomic E-state index is -1.46. The Morgan fingerprint density at radius 2 is 1.73 bits per heavy atom. The highest BCUT2D eigenvalue weighted by Crippen LogP contribution is 2.06. The third kappa shape index (κ3) is 3.53. The Bertz CT molecular complexity index is 217. The van der Waals surface area contributed by atoms with Crippen molar-refractivity contribution in [2.75, 3.05) is 0 Å². The van der Waals surface area contributed by atoms with Crippen molar-refractivity contribution in [2.45, 2.75) is 19.3 Å². The van der Waals surface area contributed by atoms with Crippen LogP contribution in [-0.2, 0) is 6.17 Å². The Morgan fingerprint density at radius 1 is 1.18 bits per heavy atom. The van der Waals surface area contributed by atoms with Gasteiger partial charge in [-0.3, -0.25) is 0 Å².